The lowest BCUT2D eigenvalue weighted by atomic mass is 10.4. The SMILES string of the molecule is O=C(CCn1cc(Br)cn1)Nc1cnn(CC(F)(F)F)c1. The largest absolute Gasteiger partial charge is 0.408 e. The molecule has 114 valence electrons. The van der Waals surface area contributed by atoms with Gasteiger partial charge in [-0.05, 0) is 15.9 Å². The minimum atomic E-state index is -4.35. The van der Waals surface area contributed by atoms with Crippen LogP contribution in [0.3, 0.4) is 0 Å². The summed E-state index contributed by atoms with van der Waals surface area (Å²) in [7, 11) is 0. The molecule has 0 saturated carbocycles. The Hall–Kier alpha value is -1.84. The van der Waals surface area contributed by atoms with Gasteiger partial charge in [-0.3, -0.25) is 14.2 Å². The predicted molar refractivity (Wildman–Crippen MR) is 71.5 cm³/mol. The van der Waals surface area contributed by atoms with Gasteiger partial charge in [0.2, 0.25) is 5.91 Å². The van der Waals surface area contributed by atoms with E-state index in [-0.39, 0.29) is 18.0 Å². The number of carbonyl (C=O) groups excluding carboxylic acids is 1. The fraction of sp³-hybridized carbons (Fsp3) is 0.364. The zero-order chi connectivity index (χ0) is 15.5. The molecular weight excluding hydrogens is 355 g/mol. The summed E-state index contributed by atoms with van der Waals surface area (Å²) in [5.41, 5.74) is 0.228. The van der Waals surface area contributed by atoms with Gasteiger partial charge >= 0.3 is 6.18 Å². The summed E-state index contributed by atoms with van der Waals surface area (Å²) >= 11 is 3.23. The molecule has 1 N–H and O–H groups in total. The molecule has 0 bridgehead atoms. The number of nitrogens with zero attached hydrogens (tertiary/aromatic N) is 4. The molecule has 0 aliphatic carbocycles. The van der Waals surface area contributed by atoms with Gasteiger partial charge in [0.1, 0.15) is 6.54 Å². The van der Waals surface area contributed by atoms with Crippen LogP contribution in [0.5, 0.6) is 0 Å². The lowest BCUT2D eigenvalue weighted by Gasteiger charge is -2.05. The molecule has 21 heavy (non-hydrogen) atoms. The molecule has 0 aliphatic heterocycles. The molecule has 0 spiro atoms. The number of aromatic nitrogens is 4. The first kappa shape index (κ1) is 15.5. The second-order valence-electron chi connectivity index (χ2n) is 4.26. The van der Waals surface area contributed by atoms with E-state index in [1.54, 1.807) is 17.1 Å². The number of carbonyl (C=O) groups is 1. The monoisotopic (exact) mass is 365 g/mol. The zero-order valence-corrected chi connectivity index (χ0v) is 12.2. The van der Waals surface area contributed by atoms with E-state index in [1.165, 1.54) is 6.20 Å². The van der Waals surface area contributed by atoms with Crippen molar-refractivity contribution < 1.29 is 18.0 Å². The Labute approximate surface area is 126 Å². The number of aryl methyl sites for hydroxylation is 1. The highest BCUT2D eigenvalue weighted by atomic mass is 79.9. The summed E-state index contributed by atoms with van der Waals surface area (Å²) in [6.45, 7) is -0.821. The number of hydrogen-bond donors (Lipinski definition) is 1. The third-order valence-corrected chi connectivity index (χ3v) is 2.84. The molecule has 6 nitrogen and oxygen atoms in total. The van der Waals surface area contributed by atoms with Crippen molar-refractivity contribution in [2.45, 2.75) is 25.7 Å². The number of halogens is 4. The second kappa shape index (κ2) is 6.29. The molecule has 2 heterocycles. The standard InChI is InChI=1S/C11H11BrF3N5O/c12-8-3-16-19(5-8)2-1-10(21)18-9-4-17-20(6-9)7-11(13,14)15/h3-6H,1-2,7H2,(H,18,21). The smallest absolute Gasteiger partial charge is 0.323 e. The molecule has 0 saturated heterocycles. The van der Waals surface area contributed by atoms with Gasteiger partial charge in [-0.2, -0.15) is 23.4 Å². The normalized spacial score (nSPS) is 11.6. The first-order chi connectivity index (χ1) is 9.82. The molecule has 0 atom stereocenters. The van der Waals surface area contributed by atoms with Gasteiger partial charge in [-0.1, -0.05) is 0 Å². The van der Waals surface area contributed by atoms with Crippen LogP contribution < -0.4 is 5.32 Å². The Morgan fingerprint density at radius 2 is 1.95 bits per heavy atom. The third-order valence-electron chi connectivity index (χ3n) is 2.43. The fourth-order valence-electron chi connectivity index (χ4n) is 1.60. The lowest BCUT2D eigenvalue weighted by molar-refractivity contribution is -0.142. The van der Waals surface area contributed by atoms with E-state index in [9.17, 15) is 18.0 Å². The molecule has 2 aromatic rings. The van der Waals surface area contributed by atoms with Crippen LogP contribution in [0, 0.1) is 0 Å². The van der Waals surface area contributed by atoms with Crippen LogP contribution in [-0.4, -0.2) is 31.6 Å². The molecule has 0 unspecified atom stereocenters. The first-order valence-electron chi connectivity index (χ1n) is 5.89. The maximum Gasteiger partial charge on any atom is 0.408 e. The zero-order valence-electron chi connectivity index (χ0n) is 10.6. The highest BCUT2D eigenvalue weighted by molar-refractivity contribution is 9.10. The van der Waals surface area contributed by atoms with Crippen molar-refractivity contribution in [1.29, 1.82) is 0 Å². The minimum absolute atomic E-state index is 0.151. The molecule has 0 aromatic carbocycles. The van der Waals surface area contributed by atoms with Crippen molar-refractivity contribution in [3.63, 3.8) is 0 Å². The highest BCUT2D eigenvalue weighted by Crippen LogP contribution is 2.18. The van der Waals surface area contributed by atoms with Gasteiger partial charge in [-0.25, -0.2) is 0 Å². The first-order valence-corrected chi connectivity index (χ1v) is 6.68. The average Bonchev–Trinajstić information content (AvgIpc) is 2.94. The van der Waals surface area contributed by atoms with E-state index < -0.39 is 12.7 Å². The Morgan fingerprint density at radius 3 is 2.57 bits per heavy atom. The number of nitrogens with one attached hydrogen (secondary N) is 1. The molecule has 0 aliphatic rings. The molecule has 2 rings (SSSR count). The molecule has 10 heteroatoms. The van der Waals surface area contributed by atoms with Gasteiger partial charge in [0.05, 0.1) is 22.6 Å². The number of amides is 1. The number of alkyl halides is 3. The summed E-state index contributed by atoms with van der Waals surface area (Å²) in [6, 6.07) is 0. The Kier molecular flexibility index (Phi) is 4.66. The maximum absolute atomic E-state index is 12.2. The van der Waals surface area contributed by atoms with Crippen LogP contribution in [0.4, 0.5) is 18.9 Å². The molecule has 0 fully saturated rings. The minimum Gasteiger partial charge on any atom is -0.323 e. The molecule has 0 radical (unpaired) electrons. The molecule has 1 amide bonds. The van der Waals surface area contributed by atoms with Gasteiger partial charge in [0.25, 0.3) is 0 Å². The van der Waals surface area contributed by atoms with Crippen molar-refractivity contribution in [2.75, 3.05) is 5.32 Å². The molecular formula is C11H11BrF3N5O. The average molecular weight is 366 g/mol. The van der Waals surface area contributed by atoms with Crippen molar-refractivity contribution in [1.82, 2.24) is 19.6 Å². The highest BCUT2D eigenvalue weighted by Gasteiger charge is 2.28. The summed E-state index contributed by atoms with van der Waals surface area (Å²) < 4.78 is 39.6. The number of hydrogen-bond acceptors (Lipinski definition) is 3. The van der Waals surface area contributed by atoms with Crippen molar-refractivity contribution >= 4 is 27.5 Å². The third kappa shape index (κ3) is 5.21. The second-order valence-corrected chi connectivity index (χ2v) is 5.18. The Bertz CT molecular complexity index is 621. The summed E-state index contributed by atoms with van der Waals surface area (Å²) in [5.74, 6) is -0.326. The van der Waals surface area contributed by atoms with Crippen molar-refractivity contribution in [3.05, 3.63) is 29.3 Å². The van der Waals surface area contributed by atoms with Crippen LogP contribution in [0.1, 0.15) is 6.42 Å². The van der Waals surface area contributed by atoms with Gasteiger partial charge in [-0.15, -0.1) is 0 Å². The van der Waals surface area contributed by atoms with E-state index >= 15 is 0 Å². The van der Waals surface area contributed by atoms with Crippen LogP contribution in [-0.2, 0) is 17.9 Å². The van der Waals surface area contributed by atoms with Crippen molar-refractivity contribution in [3.8, 4) is 0 Å². The maximum atomic E-state index is 12.2. The predicted octanol–water partition coefficient (Wildman–Crippen LogP) is 2.43. The summed E-state index contributed by atoms with van der Waals surface area (Å²) in [4.78, 5) is 11.7. The van der Waals surface area contributed by atoms with Gasteiger partial charge in [0, 0.05) is 25.4 Å². The van der Waals surface area contributed by atoms with Crippen LogP contribution in [0.25, 0.3) is 0 Å². The molecule has 2 aromatic heterocycles. The van der Waals surface area contributed by atoms with Gasteiger partial charge < -0.3 is 5.32 Å². The summed E-state index contributed by atoms with van der Waals surface area (Å²) in [5, 5.41) is 10.0. The van der Waals surface area contributed by atoms with E-state index in [2.05, 4.69) is 31.4 Å². The lowest BCUT2D eigenvalue weighted by Crippen LogP contribution is -2.18. The fourth-order valence-corrected chi connectivity index (χ4v) is 1.93. The topological polar surface area (TPSA) is 64.7 Å². The van der Waals surface area contributed by atoms with Crippen LogP contribution in [0.2, 0.25) is 0 Å². The Balaban J connectivity index is 1.82. The van der Waals surface area contributed by atoms with Gasteiger partial charge in [0.15, 0.2) is 0 Å². The van der Waals surface area contributed by atoms with E-state index in [0.29, 0.717) is 6.54 Å². The van der Waals surface area contributed by atoms with Crippen LogP contribution in [0.15, 0.2) is 29.3 Å². The number of anilines is 1. The van der Waals surface area contributed by atoms with E-state index in [1.807, 2.05) is 0 Å². The van der Waals surface area contributed by atoms with Crippen molar-refractivity contribution in [2.24, 2.45) is 0 Å². The Morgan fingerprint density at radius 1 is 1.24 bits per heavy atom. The summed E-state index contributed by atoms with van der Waals surface area (Å²) in [6.07, 6.45) is 1.43. The van der Waals surface area contributed by atoms with Crippen LogP contribution >= 0.6 is 15.9 Å². The quantitative estimate of drug-likeness (QED) is 0.884. The van der Waals surface area contributed by atoms with E-state index in [4.69, 9.17) is 0 Å². The van der Waals surface area contributed by atoms with E-state index in [0.717, 1.165) is 15.4 Å². The number of rotatable bonds is 5.